The van der Waals surface area contributed by atoms with Crippen molar-refractivity contribution in [1.29, 1.82) is 0 Å². The van der Waals surface area contributed by atoms with Crippen molar-refractivity contribution in [3.63, 3.8) is 0 Å². The second kappa shape index (κ2) is 1.83. The van der Waals surface area contributed by atoms with Gasteiger partial charge in [-0.05, 0) is 4.57 Å². The maximum Gasteiger partial charge on any atom is 0.589 e. The first-order chi connectivity index (χ1) is 2.94. The molecule has 1 atom stereocenters. The van der Waals surface area contributed by atoms with E-state index in [-0.39, 0.29) is 0 Å². The van der Waals surface area contributed by atoms with Crippen molar-refractivity contribution >= 4 is 16.9 Å². The van der Waals surface area contributed by atoms with E-state index in [0.29, 0.717) is 0 Å². The minimum Gasteiger partial charge on any atom is -0.247 e. The molecule has 0 saturated carbocycles. The second-order valence-corrected chi connectivity index (χ2v) is 4.66. The van der Waals surface area contributed by atoms with Crippen LogP contribution in [0.3, 0.4) is 0 Å². The molecule has 3 N–H and O–H groups in total. The molecule has 0 amide bonds. The van der Waals surface area contributed by atoms with Crippen LogP contribution in [-0.4, -0.2) is 13.0 Å². The Bertz CT molecular complexity index is 166. The molecule has 0 radical (unpaired) electrons. The van der Waals surface area contributed by atoms with E-state index in [1.54, 1.807) is 0 Å². The zero-order valence-electron chi connectivity index (χ0n) is 3.10. The van der Waals surface area contributed by atoms with Gasteiger partial charge in [-0.15, -0.1) is 5.50 Å². The predicted molar refractivity (Wildman–Crippen MR) is 23.3 cm³/mol. The highest BCUT2D eigenvalue weighted by molar-refractivity contribution is 8.42. The molecular weight excluding hydrogens is 141 g/mol. The Kier molecular flexibility index (Phi) is 1.82. The van der Waals surface area contributed by atoms with E-state index in [1.807, 2.05) is 0 Å². The molecule has 1 unspecified atom stereocenters. The molecular formula is H3NO4PS+. The van der Waals surface area contributed by atoms with E-state index < -0.39 is 16.9 Å². The monoisotopic (exact) mass is 144 g/mol. The van der Waals surface area contributed by atoms with E-state index in [1.165, 1.54) is 0 Å². The van der Waals surface area contributed by atoms with Crippen LogP contribution in [0.2, 0.25) is 0 Å². The molecule has 0 aliphatic rings. The molecule has 0 fully saturated rings. The lowest BCUT2D eigenvalue weighted by Crippen LogP contribution is -1.93. The lowest BCUT2D eigenvalue weighted by molar-refractivity contribution is 0.495. The number of rotatable bonds is 1. The van der Waals surface area contributed by atoms with Crippen LogP contribution in [0, 0.1) is 0 Å². The summed E-state index contributed by atoms with van der Waals surface area (Å²) < 4.78 is 36.2. The first-order valence-corrected chi connectivity index (χ1v) is 4.51. The maximum absolute atomic E-state index is 9.55. The number of hydrogen-bond acceptors (Lipinski definition) is 3. The van der Waals surface area contributed by atoms with Crippen LogP contribution in [0.1, 0.15) is 0 Å². The molecule has 0 aromatic carbocycles. The lowest BCUT2D eigenvalue weighted by Gasteiger charge is -1.65. The normalized spacial score (nSPS) is 13.7. The van der Waals surface area contributed by atoms with Gasteiger partial charge in [0.15, 0.2) is 0 Å². The summed E-state index contributed by atoms with van der Waals surface area (Å²) in [4.78, 5) is 0. The van der Waals surface area contributed by atoms with E-state index >= 15 is 0 Å². The minimum absolute atomic E-state index is 2.96. The third kappa shape index (κ3) is 2.64. The van der Waals surface area contributed by atoms with E-state index in [2.05, 4.69) is 5.50 Å². The second-order valence-electron chi connectivity index (χ2n) is 0.733. The first-order valence-electron chi connectivity index (χ1n) is 1.14. The summed E-state index contributed by atoms with van der Waals surface area (Å²) >= 11 is 0. The molecule has 7 heavy (non-hydrogen) atoms. The minimum atomic E-state index is -4.45. The Balaban J connectivity index is 4.43. The third-order valence-electron chi connectivity index (χ3n) is 0.227. The molecule has 0 heterocycles. The zero-order chi connectivity index (χ0) is 6.08. The van der Waals surface area contributed by atoms with Crippen molar-refractivity contribution in [1.82, 2.24) is 0 Å². The van der Waals surface area contributed by atoms with Gasteiger partial charge in [0, 0.05) is 0 Å². The number of hydrogen-bond donors (Lipinski definition) is 2. The molecule has 0 aromatic rings. The molecule has 0 aromatic heterocycles. The highest BCUT2D eigenvalue weighted by atomic mass is 32.8. The van der Waals surface area contributed by atoms with Gasteiger partial charge in [0.2, 0.25) is 0 Å². The average molecular weight is 144 g/mol. The van der Waals surface area contributed by atoms with Crippen LogP contribution in [0.25, 0.3) is 0 Å². The fourth-order valence-corrected chi connectivity index (χ4v) is 0. The maximum atomic E-state index is 9.55. The van der Waals surface area contributed by atoms with Crippen molar-refractivity contribution in [2.45, 2.75) is 0 Å². The van der Waals surface area contributed by atoms with Gasteiger partial charge in [0.1, 0.15) is 0 Å². The highest BCUT2D eigenvalue weighted by Crippen LogP contribution is 2.15. The Hall–Kier alpha value is -0.0300. The van der Waals surface area contributed by atoms with Crippen LogP contribution in [-0.2, 0) is 14.3 Å². The van der Waals surface area contributed by atoms with E-state index in [9.17, 15) is 13.0 Å². The van der Waals surface area contributed by atoms with Gasteiger partial charge in [0.05, 0.1) is 0 Å². The van der Waals surface area contributed by atoms with Crippen LogP contribution >= 0.6 is 7.15 Å². The standard InChI is InChI=1S/H2NO4PS/c1-6(2)7(3,4)5/h(H2-,1,2,3,4,5)/p+1. The number of nitrogens with two attached hydrogens (primary N) is 1. The van der Waals surface area contributed by atoms with Crippen molar-refractivity contribution in [3.05, 3.63) is 0 Å². The van der Waals surface area contributed by atoms with Crippen LogP contribution in [0.4, 0.5) is 0 Å². The summed E-state index contributed by atoms with van der Waals surface area (Å²) in [7, 11) is -7.42. The van der Waals surface area contributed by atoms with Gasteiger partial charge in [-0.2, -0.15) is 8.42 Å². The van der Waals surface area contributed by atoms with Gasteiger partial charge in [0.25, 0.3) is 0 Å². The van der Waals surface area contributed by atoms with Gasteiger partial charge < -0.3 is 0 Å². The van der Waals surface area contributed by atoms with Gasteiger partial charge in [-0.1, -0.05) is 0 Å². The molecule has 0 bridgehead atoms. The lowest BCUT2D eigenvalue weighted by atomic mass is 13.9. The van der Waals surface area contributed by atoms with Gasteiger partial charge >= 0.3 is 16.9 Å². The zero-order valence-corrected chi connectivity index (χ0v) is 4.82. The summed E-state index contributed by atoms with van der Waals surface area (Å²) in [5, 5.41) is 0. The largest absolute Gasteiger partial charge is 0.589 e. The first kappa shape index (κ1) is 6.97. The Labute approximate surface area is 40.9 Å². The Morgan fingerprint density at radius 1 is 1.57 bits per heavy atom. The summed E-state index contributed by atoms with van der Waals surface area (Å²) in [6.45, 7) is 0. The molecule has 7 heteroatoms. The summed E-state index contributed by atoms with van der Waals surface area (Å²) in [5.74, 6) is 0. The summed E-state index contributed by atoms with van der Waals surface area (Å²) in [5.41, 5.74) is 4.24. The Morgan fingerprint density at radius 2 is 1.71 bits per heavy atom. The molecule has 0 saturated heterocycles. The molecule has 0 spiro atoms. The highest BCUT2D eigenvalue weighted by Gasteiger charge is 2.27. The molecule has 5 nitrogen and oxygen atoms in total. The third-order valence-corrected chi connectivity index (χ3v) is 2.05. The average Bonchev–Trinajstić information content (AvgIpc) is 1.31. The molecule has 42 valence electrons. The topological polar surface area (TPSA) is 97.5 Å². The fourth-order valence-electron chi connectivity index (χ4n) is 0. The van der Waals surface area contributed by atoms with Crippen molar-refractivity contribution in [2.75, 3.05) is 0 Å². The molecule has 0 aliphatic carbocycles. The van der Waals surface area contributed by atoms with Crippen molar-refractivity contribution in [2.24, 2.45) is 5.50 Å². The fraction of sp³-hybridized carbons (Fsp3) is 0. The Morgan fingerprint density at radius 3 is 1.71 bits per heavy atom. The quantitative estimate of drug-likeness (QED) is 0.381. The predicted octanol–water partition coefficient (Wildman–Crippen LogP) is -0.510. The SMILES string of the molecule is N[P+](=O)S(=O)(=O)O. The molecule has 0 rings (SSSR count). The molecule has 0 aliphatic heterocycles. The summed E-state index contributed by atoms with van der Waals surface area (Å²) in [6.07, 6.45) is 0. The van der Waals surface area contributed by atoms with Gasteiger partial charge in [-0.25, -0.2) is 4.55 Å². The van der Waals surface area contributed by atoms with Crippen LogP contribution in [0.5, 0.6) is 0 Å². The van der Waals surface area contributed by atoms with E-state index in [0.717, 1.165) is 0 Å². The van der Waals surface area contributed by atoms with Crippen LogP contribution < -0.4 is 5.50 Å². The van der Waals surface area contributed by atoms with E-state index in [4.69, 9.17) is 4.55 Å². The van der Waals surface area contributed by atoms with Crippen molar-refractivity contribution < 1.29 is 17.5 Å². The van der Waals surface area contributed by atoms with Gasteiger partial charge in [-0.3, -0.25) is 0 Å². The summed E-state index contributed by atoms with van der Waals surface area (Å²) in [6, 6.07) is 0. The van der Waals surface area contributed by atoms with Crippen LogP contribution in [0.15, 0.2) is 0 Å². The van der Waals surface area contributed by atoms with Crippen molar-refractivity contribution in [3.8, 4) is 0 Å². The smallest absolute Gasteiger partial charge is 0.247 e.